The number of hydrogen-bond acceptors (Lipinski definition) is 3. The lowest BCUT2D eigenvalue weighted by molar-refractivity contribution is 0.0945. The maximum atomic E-state index is 11.8. The standard InChI is InChI=1S/C15H10Cl2N2O3/c16-11-5-1-9(2-6-11)13(20)18-15(22)19-14(21)10-3-7-12(17)8-4-10/h1-8H,(H2,18,19,20,21,22). The molecule has 0 spiro atoms. The van der Waals surface area contributed by atoms with Gasteiger partial charge in [-0.3, -0.25) is 20.2 Å². The fourth-order valence-electron chi connectivity index (χ4n) is 1.58. The molecule has 112 valence electrons. The predicted octanol–water partition coefficient (Wildman–Crippen LogP) is 3.27. The predicted molar refractivity (Wildman–Crippen MR) is 83.2 cm³/mol. The Morgan fingerprint density at radius 2 is 0.955 bits per heavy atom. The SMILES string of the molecule is O=C(NC(=O)c1ccc(Cl)cc1)NC(=O)c1ccc(Cl)cc1. The third-order valence-corrected chi connectivity index (χ3v) is 3.17. The van der Waals surface area contributed by atoms with Gasteiger partial charge in [0, 0.05) is 21.2 Å². The van der Waals surface area contributed by atoms with Crippen molar-refractivity contribution in [2.24, 2.45) is 0 Å². The van der Waals surface area contributed by atoms with Gasteiger partial charge in [-0.2, -0.15) is 0 Å². The topological polar surface area (TPSA) is 75.3 Å². The molecule has 4 amide bonds. The molecule has 0 aliphatic rings. The van der Waals surface area contributed by atoms with Gasteiger partial charge in [0.05, 0.1) is 0 Å². The van der Waals surface area contributed by atoms with Crippen molar-refractivity contribution in [3.05, 3.63) is 69.7 Å². The van der Waals surface area contributed by atoms with Gasteiger partial charge in [0.2, 0.25) is 0 Å². The molecule has 2 rings (SSSR count). The first-order valence-electron chi connectivity index (χ1n) is 6.13. The summed E-state index contributed by atoms with van der Waals surface area (Å²) in [5.41, 5.74) is 0.497. The number of carbonyl (C=O) groups excluding carboxylic acids is 3. The van der Waals surface area contributed by atoms with Crippen molar-refractivity contribution < 1.29 is 14.4 Å². The van der Waals surface area contributed by atoms with Crippen LogP contribution in [-0.2, 0) is 0 Å². The van der Waals surface area contributed by atoms with Gasteiger partial charge in [-0.25, -0.2) is 4.79 Å². The summed E-state index contributed by atoms with van der Waals surface area (Å²) in [6.45, 7) is 0. The molecule has 0 aromatic heterocycles. The molecule has 0 fully saturated rings. The molecular formula is C15H10Cl2N2O3. The normalized spacial score (nSPS) is 9.91. The average molecular weight is 337 g/mol. The molecule has 22 heavy (non-hydrogen) atoms. The van der Waals surface area contributed by atoms with Crippen molar-refractivity contribution in [1.82, 2.24) is 10.6 Å². The quantitative estimate of drug-likeness (QED) is 0.883. The first-order valence-corrected chi connectivity index (χ1v) is 6.89. The van der Waals surface area contributed by atoms with Crippen molar-refractivity contribution in [3.63, 3.8) is 0 Å². The van der Waals surface area contributed by atoms with Crippen LogP contribution >= 0.6 is 23.2 Å². The Bertz CT molecular complexity index is 651. The van der Waals surface area contributed by atoms with Gasteiger partial charge in [0.25, 0.3) is 11.8 Å². The number of benzene rings is 2. The van der Waals surface area contributed by atoms with Crippen LogP contribution in [0, 0.1) is 0 Å². The number of nitrogens with one attached hydrogen (secondary N) is 2. The first kappa shape index (κ1) is 16.0. The molecule has 0 saturated carbocycles. The first-order chi connectivity index (χ1) is 10.5. The minimum atomic E-state index is -0.917. The average Bonchev–Trinajstić information content (AvgIpc) is 2.48. The summed E-state index contributed by atoms with van der Waals surface area (Å²) in [5, 5.41) is 5.04. The number of hydrogen-bond donors (Lipinski definition) is 2. The number of urea groups is 1. The minimum Gasteiger partial charge on any atom is -0.274 e. The van der Waals surface area contributed by atoms with Gasteiger partial charge in [-0.05, 0) is 48.5 Å². The molecule has 5 nitrogen and oxygen atoms in total. The van der Waals surface area contributed by atoms with Crippen LogP contribution < -0.4 is 10.6 Å². The van der Waals surface area contributed by atoms with E-state index < -0.39 is 17.8 Å². The number of rotatable bonds is 2. The highest BCUT2D eigenvalue weighted by Gasteiger charge is 2.14. The molecule has 0 radical (unpaired) electrons. The van der Waals surface area contributed by atoms with E-state index in [4.69, 9.17) is 23.2 Å². The summed E-state index contributed by atoms with van der Waals surface area (Å²) in [4.78, 5) is 35.2. The van der Waals surface area contributed by atoms with Crippen LogP contribution in [0.3, 0.4) is 0 Å². The molecule has 0 atom stereocenters. The molecule has 0 aliphatic carbocycles. The maximum absolute atomic E-state index is 11.8. The zero-order chi connectivity index (χ0) is 16.1. The fraction of sp³-hybridized carbons (Fsp3) is 0. The maximum Gasteiger partial charge on any atom is 0.328 e. The van der Waals surface area contributed by atoms with Crippen molar-refractivity contribution in [2.45, 2.75) is 0 Å². The van der Waals surface area contributed by atoms with E-state index in [-0.39, 0.29) is 11.1 Å². The molecule has 0 aliphatic heterocycles. The van der Waals surface area contributed by atoms with Gasteiger partial charge in [-0.1, -0.05) is 23.2 Å². The summed E-state index contributed by atoms with van der Waals surface area (Å²) >= 11 is 11.4. The third-order valence-electron chi connectivity index (χ3n) is 2.67. The molecule has 2 aromatic carbocycles. The van der Waals surface area contributed by atoms with Crippen LogP contribution in [-0.4, -0.2) is 17.8 Å². The lowest BCUT2D eigenvalue weighted by atomic mass is 10.2. The molecule has 0 saturated heterocycles. The highest BCUT2D eigenvalue weighted by atomic mass is 35.5. The summed E-state index contributed by atoms with van der Waals surface area (Å²) in [7, 11) is 0. The van der Waals surface area contributed by atoms with Crippen LogP contribution in [0.2, 0.25) is 10.0 Å². The van der Waals surface area contributed by atoms with Crippen molar-refractivity contribution in [3.8, 4) is 0 Å². The number of halogens is 2. The summed E-state index contributed by atoms with van der Waals surface area (Å²) in [6, 6.07) is 11.0. The zero-order valence-electron chi connectivity index (χ0n) is 11.1. The lowest BCUT2D eigenvalue weighted by Gasteiger charge is -2.06. The number of amides is 4. The smallest absolute Gasteiger partial charge is 0.274 e. The van der Waals surface area contributed by atoms with Crippen molar-refractivity contribution in [1.29, 1.82) is 0 Å². The molecule has 2 aromatic rings. The van der Waals surface area contributed by atoms with E-state index in [1.165, 1.54) is 48.5 Å². The van der Waals surface area contributed by atoms with Crippen LogP contribution in [0.15, 0.2) is 48.5 Å². The summed E-state index contributed by atoms with van der Waals surface area (Å²) in [5.74, 6) is -1.28. The number of imide groups is 2. The summed E-state index contributed by atoms with van der Waals surface area (Å²) in [6.07, 6.45) is 0. The van der Waals surface area contributed by atoms with Gasteiger partial charge in [0.15, 0.2) is 0 Å². The van der Waals surface area contributed by atoms with E-state index in [2.05, 4.69) is 0 Å². The van der Waals surface area contributed by atoms with Gasteiger partial charge >= 0.3 is 6.03 Å². The molecule has 0 bridgehead atoms. The second-order valence-corrected chi connectivity index (χ2v) is 5.12. The Kier molecular flexibility index (Phi) is 5.14. The molecular weight excluding hydrogens is 327 g/mol. The monoisotopic (exact) mass is 336 g/mol. The Morgan fingerprint density at radius 3 is 1.27 bits per heavy atom. The van der Waals surface area contributed by atoms with Crippen LogP contribution in [0.5, 0.6) is 0 Å². The van der Waals surface area contributed by atoms with E-state index in [9.17, 15) is 14.4 Å². The molecule has 7 heteroatoms. The van der Waals surface area contributed by atoms with E-state index in [1.807, 2.05) is 10.6 Å². The van der Waals surface area contributed by atoms with E-state index in [1.54, 1.807) is 0 Å². The molecule has 0 heterocycles. The van der Waals surface area contributed by atoms with Crippen molar-refractivity contribution >= 4 is 41.0 Å². The van der Waals surface area contributed by atoms with E-state index in [0.717, 1.165) is 0 Å². The Morgan fingerprint density at radius 1 is 0.636 bits per heavy atom. The second kappa shape index (κ2) is 7.06. The third kappa shape index (κ3) is 4.31. The van der Waals surface area contributed by atoms with Gasteiger partial charge in [0.1, 0.15) is 0 Å². The second-order valence-electron chi connectivity index (χ2n) is 4.25. The van der Waals surface area contributed by atoms with Crippen LogP contribution in [0.4, 0.5) is 4.79 Å². The van der Waals surface area contributed by atoms with E-state index >= 15 is 0 Å². The number of carbonyl (C=O) groups is 3. The Labute approximate surface area is 136 Å². The van der Waals surface area contributed by atoms with Gasteiger partial charge < -0.3 is 0 Å². The van der Waals surface area contributed by atoms with Crippen molar-refractivity contribution in [2.75, 3.05) is 0 Å². The minimum absolute atomic E-state index is 0.249. The fourth-order valence-corrected chi connectivity index (χ4v) is 1.84. The Hall–Kier alpha value is -2.37. The van der Waals surface area contributed by atoms with Crippen LogP contribution in [0.25, 0.3) is 0 Å². The Balaban J connectivity index is 1.95. The molecule has 2 N–H and O–H groups in total. The molecule has 0 unspecified atom stereocenters. The lowest BCUT2D eigenvalue weighted by Crippen LogP contribution is -2.42. The highest BCUT2D eigenvalue weighted by Crippen LogP contribution is 2.10. The largest absolute Gasteiger partial charge is 0.328 e. The van der Waals surface area contributed by atoms with E-state index in [0.29, 0.717) is 10.0 Å². The van der Waals surface area contributed by atoms with Gasteiger partial charge in [-0.15, -0.1) is 0 Å². The van der Waals surface area contributed by atoms with Crippen LogP contribution in [0.1, 0.15) is 20.7 Å². The zero-order valence-corrected chi connectivity index (χ0v) is 12.6. The summed E-state index contributed by atoms with van der Waals surface area (Å²) < 4.78 is 0. The highest BCUT2D eigenvalue weighted by molar-refractivity contribution is 6.31.